The first-order valence-electron chi connectivity index (χ1n) is 14.0. The van der Waals surface area contributed by atoms with Gasteiger partial charge in [0.25, 0.3) is 0 Å². The molecule has 3 heterocycles. The SMILES string of the molecule is C[CH-]c1cccc(C(C(=O)O)N2CC(OCCCCCc3ccc4c(n3)NCCC4)C2)c1NC(C)COC.[CH3-].[K+]. The molecule has 4 rings (SSSR count). The van der Waals surface area contributed by atoms with Gasteiger partial charge in [0, 0.05) is 45.1 Å². The molecule has 0 amide bonds. The summed E-state index contributed by atoms with van der Waals surface area (Å²) in [4.78, 5) is 19.1. The number of fused-ring (bicyclic) bond motifs is 1. The molecular formula is C31H46KN4O4-. The minimum atomic E-state index is -0.842. The fraction of sp³-hybridized carbons (Fsp3) is 0.548. The topological polar surface area (TPSA) is 96.0 Å². The number of carboxylic acids is 1. The maximum Gasteiger partial charge on any atom is 1.00 e. The van der Waals surface area contributed by atoms with Crippen molar-refractivity contribution >= 4 is 17.5 Å². The zero-order valence-corrected chi connectivity index (χ0v) is 28.2. The number of hydrogen-bond acceptors (Lipinski definition) is 7. The van der Waals surface area contributed by atoms with E-state index in [0.717, 1.165) is 67.0 Å². The van der Waals surface area contributed by atoms with Crippen molar-refractivity contribution in [2.24, 2.45) is 0 Å². The summed E-state index contributed by atoms with van der Waals surface area (Å²) >= 11 is 0. The summed E-state index contributed by atoms with van der Waals surface area (Å²) in [6.07, 6.45) is 8.56. The maximum atomic E-state index is 12.4. The molecule has 1 fully saturated rings. The second-order valence-electron chi connectivity index (χ2n) is 10.4. The molecule has 9 heteroatoms. The quantitative estimate of drug-likeness (QED) is 0.168. The van der Waals surface area contributed by atoms with Gasteiger partial charge in [0.1, 0.15) is 11.9 Å². The number of pyridine rings is 1. The number of likely N-dealkylation sites (tertiary alicyclic amines) is 1. The van der Waals surface area contributed by atoms with E-state index < -0.39 is 12.0 Å². The molecule has 0 spiro atoms. The van der Waals surface area contributed by atoms with Crippen LogP contribution in [0.15, 0.2) is 30.3 Å². The van der Waals surface area contributed by atoms with Crippen LogP contribution in [0.4, 0.5) is 11.5 Å². The Kier molecular flexibility index (Phi) is 15.5. The minimum absolute atomic E-state index is 0. The van der Waals surface area contributed by atoms with Crippen LogP contribution in [-0.2, 0) is 27.1 Å². The fourth-order valence-electron chi connectivity index (χ4n) is 5.38. The number of carbonyl (C=O) groups is 1. The number of benzene rings is 1. The third kappa shape index (κ3) is 9.42. The summed E-state index contributed by atoms with van der Waals surface area (Å²) in [5.41, 5.74) is 5.12. The molecule has 0 saturated carbocycles. The van der Waals surface area contributed by atoms with Gasteiger partial charge in [-0.15, -0.1) is 6.07 Å². The molecule has 0 radical (unpaired) electrons. The van der Waals surface area contributed by atoms with Gasteiger partial charge in [-0.1, -0.05) is 36.7 Å². The van der Waals surface area contributed by atoms with Crippen molar-refractivity contribution in [2.75, 3.05) is 50.6 Å². The molecule has 2 aliphatic heterocycles. The molecule has 2 aromatic rings. The number of aryl methyl sites for hydroxylation is 2. The van der Waals surface area contributed by atoms with Crippen LogP contribution >= 0.6 is 0 Å². The third-order valence-electron chi connectivity index (χ3n) is 7.40. The first-order valence-corrected chi connectivity index (χ1v) is 14.0. The van der Waals surface area contributed by atoms with Crippen molar-refractivity contribution < 1.29 is 70.8 Å². The molecule has 8 nitrogen and oxygen atoms in total. The standard InChI is InChI=1S/C30H43N4O4.CH3.K/c1-4-22-10-8-13-26(27(22)32-21(2)20-37-3)28(30(35)36)34-18-25(19-34)38-17-7-5-6-12-24-15-14-23-11-9-16-31-29(23)33-24;;/h4,8,10,13-15,21,25,28,32H,5-7,9,11-12,16-20H2,1-3H3,(H,31,33)(H,35,36);1H3;/q2*-1;+1. The largest absolute Gasteiger partial charge is 1.00 e. The van der Waals surface area contributed by atoms with Crippen LogP contribution in [-0.4, -0.2) is 73.1 Å². The Morgan fingerprint density at radius 1 is 1.25 bits per heavy atom. The molecule has 2 atom stereocenters. The van der Waals surface area contributed by atoms with Gasteiger partial charge >= 0.3 is 57.4 Å². The Labute approximate surface area is 283 Å². The van der Waals surface area contributed by atoms with Crippen molar-refractivity contribution in [1.82, 2.24) is 9.88 Å². The molecule has 40 heavy (non-hydrogen) atoms. The summed E-state index contributed by atoms with van der Waals surface area (Å²) in [6.45, 7) is 7.50. The zero-order chi connectivity index (χ0) is 26.9. The number of hydrogen-bond donors (Lipinski definition) is 3. The van der Waals surface area contributed by atoms with Gasteiger partial charge in [-0.05, 0) is 50.7 Å². The van der Waals surface area contributed by atoms with E-state index in [2.05, 4.69) is 22.8 Å². The van der Waals surface area contributed by atoms with Gasteiger partial charge < -0.3 is 32.6 Å². The van der Waals surface area contributed by atoms with E-state index in [0.29, 0.717) is 26.3 Å². The van der Waals surface area contributed by atoms with Crippen LogP contribution < -0.4 is 62.0 Å². The maximum absolute atomic E-state index is 12.4. The third-order valence-corrected chi connectivity index (χ3v) is 7.40. The van der Waals surface area contributed by atoms with Crippen molar-refractivity contribution in [3.63, 3.8) is 0 Å². The smallest absolute Gasteiger partial charge is 0.480 e. The minimum Gasteiger partial charge on any atom is -0.480 e. The number of rotatable bonds is 15. The Morgan fingerprint density at radius 3 is 2.77 bits per heavy atom. The van der Waals surface area contributed by atoms with Gasteiger partial charge in [-0.2, -0.15) is 18.1 Å². The van der Waals surface area contributed by atoms with Gasteiger partial charge in [0.15, 0.2) is 0 Å². The Morgan fingerprint density at radius 2 is 2.05 bits per heavy atom. The zero-order valence-electron chi connectivity index (χ0n) is 25.0. The van der Waals surface area contributed by atoms with E-state index in [-0.39, 0.29) is 71.0 Å². The number of anilines is 2. The second kappa shape index (κ2) is 17.7. The number of aliphatic carboxylic acids is 1. The Bertz CT molecular complexity index is 1060. The molecule has 216 valence electrons. The number of aromatic nitrogens is 1. The average molecular weight is 578 g/mol. The number of methoxy groups -OCH3 is 1. The molecule has 1 aromatic heterocycles. The van der Waals surface area contributed by atoms with E-state index in [1.54, 1.807) is 7.11 Å². The Balaban J connectivity index is 0.00000280. The van der Waals surface area contributed by atoms with Crippen molar-refractivity contribution in [1.29, 1.82) is 0 Å². The number of carboxylic acid groups (broad SMARTS) is 1. The van der Waals surface area contributed by atoms with E-state index in [4.69, 9.17) is 14.5 Å². The molecule has 0 bridgehead atoms. The van der Waals surface area contributed by atoms with Gasteiger partial charge in [-0.25, -0.2) is 4.98 Å². The van der Waals surface area contributed by atoms with Crippen LogP contribution in [0.3, 0.4) is 0 Å². The summed E-state index contributed by atoms with van der Waals surface area (Å²) < 4.78 is 11.3. The number of para-hydroxylation sites is 1. The summed E-state index contributed by atoms with van der Waals surface area (Å²) in [7, 11) is 1.67. The van der Waals surface area contributed by atoms with Crippen LogP contribution in [0.25, 0.3) is 0 Å². The average Bonchev–Trinajstić information content (AvgIpc) is 2.89. The van der Waals surface area contributed by atoms with Crippen LogP contribution in [0.1, 0.15) is 68.0 Å². The molecular weight excluding hydrogens is 531 g/mol. The molecule has 2 aliphatic rings. The van der Waals surface area contributed by atoms with E-state index >= 15 is 0 Å². The van der Waals surface area contributed by atoms with Gasteiger partial charge in [0.05, 0.1) is 12.7 Å². The molecule has 1 aromatic carbocycles. The van der Waals surface area contributed by atoms with Crippen LogP contribution in [0.5, 0.6) is 0 Å². The number of ether oxygens (including phenoxy) is 2. The predicted molar refractivity (Wildman–Crippen MR) is 157 cm³/mol. The molecule has 0 aliphatic carbocycles. The monoisotopic (exact) mass is 577 g/mol. The van der Waals surface area contributed by atoms with E-state index in [9.17, 15) is 9.90 Å². The fourth-order valence-corrected chi connectivity index (χ4v) is 5.38. The van der Waals surface area contributed by atoms with Crippen molar-refractivity contribution in [3.05, 3.63) is 66.6 Å². The summed E-state index contributed by atoms with van der Waals surface area (Å²) in [5, 5.41) is 17.0. The number of nitrogens with one attached hydrogen (secondary N) is 2. The number of nitrogens with zero attached hydrogens (tertiary/aromatic N) is 2. The predicted octanol–water partition coefficient (Wildman–Crippen LogP) is 2.15. The number of unbranched alkanes of at least 4 members (excludes halogenated alkanes) is 2. The first-order chi connectivity index (χ1) is 18.5. The van der Waals surface area contributed by atoms with E-state index in [1.165, 1.54) is 12.0 Å². The summed E-state index contributed by atoms with van der Waals surface area (Å²) in [5.74, 6) is 0.225. The first kappa shape index (κ1) is 35.0. The van der Waals surface area contributed by atoms with Crippen molar-refractivity contribution in [2.45, 2.75) is 70.6 Å². The summed E-state index contributed by atoms with van der Waals surface area (Å²) in [6, 6.07) is 9.57. The van der Waals surface area contributed by atoms with Gasteiger partial charge in [-0.3, -0.25) is 9.69 Å². The van der Waals surface area contributed by atoms with Crippen LogP contribution in [0.2, 0.25) is 0 Å². The molecule has 1 saturated heterocycles. The second-order valence-corrected chi connectivity index (χ2v) is 10.4. The van der Waals surface area contributed by atoms with Gasteiger partial charge in [0.2, 0.25) is 0 Å². The van der Waals surface area contributed by atoms with E-state index in [1.807, 2.05) is 43.4 Å². The molecule has 3 N–H and O–H groups in total. The molecule has 2 unspecified atom stereocenters. The van der Waals surface area contributed by atoms with Crippen LogP contribution in [0, 0.1) is 13.8 Å². The van der Waals surface area contributed by atoms with Crippen molar-refractivity contribution in [3.8, 4) is 0 Å². The normalized spacial score (nSPS) is 16.3. The Hall–Kier alpha value is -1.17.